The van der Waals surface area contributed by atoms with E-state index in [4.69, 9.17) is 0 Å². The first kappa shape index (κ1) is 34.3. The topological polar surface area (TPSA) is 7.12 Å². The van der Waals surface area contributed by atoms with Crippen molar-refractivity contribution in [3.8, 4) is 11.1 Å². The van der Waals surface area contributed by atoms with E-state index in [9.17, 15) is 0 Å². The van der Waals surface area contributed by atoms with Crippen molar-refractivity contribution in [1.29, 1.82) is 0 Å². The first-order chi connectivity index (χ1) is 13.8. The number of halogens is 4. The molecule has 4 aromatic rings. The second-order valence-electron chi connectivity index (χ2n) is 6.88. The molecule has 0 spiro atoms. The summed E-state index contributed by atoms with van der Waals surface area (Å²) in [6, 6.07) is 34.2. The zero-order valence-electron chi connectivity index (χ0n) is 18.5. The predicted octanol–water partition coefficient (Wildman–Crippen LogP) is 8.83. The Bertz CT molecular complexity index is 976. The standard InChI is InChI=1S/C26H25N2.4BrH.Zn/c1-2-19-27-20-17-23(18-21-27)22-13-15-26(16-14-22)28(24-9-5-3-6-10-24)25-11-7-4-8-12-25;;;;;/h3-18,20-21H,2,19H2,1H3;4*1H;/q+1;;;;;. The Balaban J connectivity index is 0. The molecular formula is C26H29Br4N2Zn+. The number of hydrogen-bond donors (Lipinski definition) is 0. The van der Waals surface area contributed by atoms with Gasteiger partial charge in [0.1, 0.15) is 6.54 Å². The normalized spacial score (nSPS) is 9.00. The van der Waals surface area contributed by atoms with Crippen molar-refractivity contribution < 1.29 is 24.0 Å². The second-order valence-corrected chi connectivity index (χ2v) is 6.88. The molecule has 172 valence electrons. The van der Waals surface area contributed by atoms with E-state index in [0.717, 1.165) is 30.0 Å². The molecule has 0 saturated heterocycles. The molecule has 1 heterocycles. The van der Waals surface area contributed by atoms with E-state index < -0.39 is 0 Å². The third-order valence-corrected chi connectivity index (χ3v) is 4.86. The number of para-hydroxylation sites is 2. The van der Waals surface area contributed by atoms with Crippen molar-refractivity contribution in [1.82, 2.24) is 0 Å². The molecule has 3 aromatic carbocycles. The average Bonchev–Trinajstić information content (AvgIpc) is 2.77. The smallest absolute Gasteiger partial charge is 0.169 e. The zero-order valence-corrected chi connectivity index (χ0v) is 28.4. The Labute approximate surface area is 252 Å². The van der Waals surface area contributed by atoms with Crippen LogP contribution in [0.1, 0.15) is 13.3 Å². The van der Waals surface area contributed by atoms with Crippen molar-refractivity contribution in [3.63, 3.8) is 0 Å². The van der Waals surface area contributed by atoms with Gasteiger partial charge < -0.3 is 4.90 Å². The summed E-state index contributed by atoms with van der Waals surface area (Å²) in [5.41, 5.74) is 5.93. The van der Waals surface area contributed by atoms with Gasteiger partial charge in [-0.15, -0.1) is 67.9 Å². The van der Waals surface area contributed by atoms with E-state index in [1.807, 2.05) is 0 Å². The molecule has 0 atom stereocenters. The van der Waals surface area contributed by atoms with Crippen molar-refractivity contribution in [2.45, 2.75) is 19.9 Å². The molecule has 33 heavy (non-hydrogen) atoms. The molecule has 0 amide bonds. The summed E-state index contributed by atoms with van der Waals surface area (Å²) in [6.45, 7) is 3.26. The molecule has 0 aliphatic heterocycles. The van der Waals surface area contributed by atoms with Crippen molar-refractivity contribution in [2.24, 2.45) is 0 Å². The Morgan fingerprint density at radius 3 is 1.36 bits per heavy atom. The van der Waals surface area contributed by atoms with E-state index in [2.05, 4.69) is 126 Å². The molecular weight excluding hydrogens is 725 g/mol. The molecule has 0 fully saturated rings. The summed E-state index contributed by atoms with van der Waals surface area (Å²) in [4.78, 5) is 2.28. The molecule has 0 N–H and O–H groups in total. The first-order valence-electron chi connectivity index (χ1n) is 9.85. The summed E-state index contributed by atoms with van der Waals surface area (Å²) in [6.07, 6.45) is 5.47. The maximum Gasteiger partial charge on any atom is 0.169 e. The Kier molecular flexibility index (Phi) is 18.3. The second kappa shape index (κ2) is 17.6. The van der Waals surface area contributed by atoms with Crippen LogP contribution < -0.4 is 9.47 Å². The number of aromatic nitrogens is 1. The quantitative estimate of drug-likeness (QED) is 0.141. The van der Waals surface area contributed by atoms with Crippen LogP contribution in [-0.4, -0.2) is 0 Å². The molecule has 0 aliphatic rings. The van der Waals surface area contributed by atoms with Crippen molar-refractivity contribution in [3.05, 3.63) is 109 Å². The van der Waals surface area contributed by atoms with Gasteiger partial charge in [0.25, 0.3) is 0 Å². The van der Waals surface area contributed by atoms with Crippen LogP contribution in [0.25, 0.3) is 11.1 Å². The van der Waals surface area contributed by atoms with Crippen LogP contribution in [0, 0.1) is 0 Å². The maximum atomic E-state index is 2.28. The van der Waals surface area contributed by atoms with Gasteiger partial charge in [-0.1, -0.05) is 55.5 Å². The van der Waals surface area contributed by atoms with Crippen LogP contribution >= 0.6 is 67.9 Å². The minimum atomic E-state index is 0. The monoisotopic (exact) mass is 749 g/mol. The summed E-state index contributed by atoms with van der Waals surface area (Å²) in [7, 11) is 0. The molecule has 4 rings (SSSR count). The number of rotatable bonds is 6. The largest absolute Gasteiger partial charge is 0.311 e. The fraction of sp³-hybridized carbons (Fsp3) is 0.115. The number of aryl methyl sites for hydroxylation is 1. The van der Waals surface area contributed by atoms with Gasteiger partial charge in [-0.25, -0.2) is 4.57 Å². The molecule has 1 aromatic heterocycles. The average molecular weight is 755 g/mol. The van der Waals surface area contributed by atoms with E-state index in [1.54, 1.807) is 0 Å². The predicted molar refractivity (Wildman–Crippen MR) is 158 cm³/mol. The van der Waals surface area contributed by atoms with Gasteiger partial charge in [-0.2, -0.15) is 0 Å². The van der Waals surface area contributed by atoms with E-state index in [1.165, 1.54) is 11.1 Å². The van der Waals surface area contributed by atoms with Crippen LogP contribution in [-0.2, 0) is 26.0 Å². The summed E-state index contributed by atoms with van der Waals surface area (Å²) >= 11 is 0. The molecule has 0 saturated carbocycles. The minimum Gasteiger partial charge on any atom is -0.311 e. The summed E-state index contributed by atoms with van der Waals surface area (Å²) in [5.74, 6) is 0. The molecule has 7 heteroatoms. The number of benzene rings is 3. The molecule has 0 aliphatic carbocycles. The van der Waals surface area contributed by atoms with Crippen molar-refractivity contribution in [2.75, 3.05) is 4.90 Å². The zero-order chi connectivity index (χ0) is 19.2. The van der Waals surface area contributed by atoms with Gasteiger partial charge in [-0.05, 0) is 47.5 Å². The molecule has 2 nitrogen and oxygen atoms in total. The third kappa shape index (κ3) is 9.03. The summed E-state index contributed by atoms with van der Waals surface area (Å²) in [5, 5.41) is 0. The van der Waals surface area contributed by atoms with Gasteiger partial charge >= 0.3 is 0 Å². The van der Waals surface area contributed by atoms with Gasteiger partial charge in [0.05, 0.1) is 0 Å². The number of anilines is 3. The summed E-state index contributed by atoms with van der Waals surface area (Å²) < 4.78 is 2.23. The Hall–Kier alpha value is -0.847. The fourth-order valence-electron chi connectivity index (χ4n) is 3.46. The van der Waals surface area contributed by atoms with Gasteiger partial charge in [0, 0.05) is 55.1 Å². The van der Waals surface area contributed by atoms with Crippen LogP contribution in [0.15, 0.2) is 109 Å². The molecule has 0 radical (unpaired) electrons. The third-order valence-electron chi connectivity index (χ3n) is 4.86. The van der Waals surface area contributed by atoms with E-state index in [0.29, 0.717) is 0 Å². The van der Waals surface area contributed by atoms with Crippen LogP contribution in [0.5, 0.6) is 0 Å². The Morgan fingerprint density at radius 1 is 0.545 bits per heavy atom. The van der Waals surface area contributed by atoms with Gasteiger partial charge in [0.2, 0.25) is 0 Å². The van der Waals surface area contributed by atoms with Crippen LogP contribution in [0.3, 0.4) is 0 Å². The van der Waals surface area contributed by atoms with Crippen LogP contribution in [0.4, 0.5) is 17.1 Å². The van der Waals surface area contributed by atoms with E-state index in [-0.39, 0.29) is 87.4 Å². The minimum absolute atomic E-state index is 0. The van der Waals surface area contributed by atoms with E-state index >= 15 is 0 Å². The number of pyridine rings is 1. The van der Waals surface area contributed by atoms with Gasteiger partial charge in [0.15, 0.2) is 12.4 Å². The number of hydrogen-bond acceptors (Lipinski definition) is 1. The first-order valence-corrected chi connectivity index (χ1v) is 9.85. The molecule has 0 bridgehead atoms. The molecule has 0 unspecified atom stereocenters. The Morgan fingerprint density at radius 2 is 0.939 bits per heavy atom. The number of nitrogens with zero attached hydrogens (tertiary/aromatic N) is 2. The SMILES string of the molecule is Br.Br.Br.Br.CCC[n+]1ccc(-c2ccc(N(c3ccccc3)c3ccccc3)cc2)cc1.[Zn]. The van der Waals surface area contributed by atoms with Gasteiger partial charge in [-0.3, -0.25) is 0 Å². The van der Waals surface area contributed by atoms with Crippen molar-refractivity contribution >= 4 is 85.0 Å². The van der Waals surface area contributed by atoms with Crippen LogP contribution in [0.2, 0.25) is 0 Å². The fourth-order valence-corrected chi connectivity index (χ4v) is 3.46. The maximum absolute atomic E-state index is 2.28.